The standard InChI is InChI=1S/C13H22N2O2/c1-10-8-12(16-3)13(17-4)9-11(10)15(2)7-5-6-14/h8-9H,5-7,14H2,1-4H3. The van der Waals surface area contributed by atoms with Gasteiger partial charge in [0.05, 0.1) is 14.2 Å². The van der Waals surface area contributed by atoms with E-state index in [1.54, 1.807) is 14.2 Å². The molecular weight excluding hydrogens is 216 g/mol. The molecule has 0 aromatic heterocycles. The van der Waals surface area contributed by atoms with Crippen LogP contribution in [0.1, 0.15) is 12.0 Å². The third-order valence-corrected chi connectivity index (χ3v) is 2.81. The molecule has 4 nitrogen and oxygen atoms in total. The van der Waals surface area contributed by atoms with Gasteiger partial charge in [0.1, 0.15) is 0 Å². The number of nitrogens with two attached hydrogens (primary N) is 1. The van der Waals surface area contributed by atoms with E-state index in [9.17, 15) is 0 Å². The van der Waals surface area contributed by atoms with E-state index in [2.05, 4.69) is 18.9 Å². The van der Waals surface area contributed by atoms with Crippen LogP contribution in [0.15, 0.2) is 12.1 Å². The first-order valence-electron chi connectivity index (χ1n) is 5.77. The first kappa shape index (κ1) is 13.6. The zero-order valence-electron chi connectivity index (χ0n) is 11.1. The largest absolute Gasteiger partial charge is 0.493 e. The SMILES string of the molecule is COc1cc(C)c(N(C)CCCN)cc1OC. The molecule has 0 unspecified atom stereocenters. The summed E-state index contributed by atoms with van der Waals surface area (Å²) in [5, 5.41) is 0. The van der Waals surface area contributed by atoms with Crippen molar-refractivity contribution in [2.45, 2.75) is 13.3 Å². The van der Waals surface area contributed by atoms with E-state index in [0.717, 1.165) is 30.2 Å². The van der Waals surface area contributed by atoms with Crippen molar-refractivity contribution < 1.29 is 9.47 Å². The molecule has 0 aliphatic rings. The zero-order valence-corrected chi connectivity index (χ0v) is 11.1. The molecule has 0 bridgehead atoms. The lowest BCUT2D eigenvalue weighted by Gasteiger charge is -2.22. The summed E-state index contributed by atoms with van der Waals surface area (Å²) in [4.78, 5) is 2.18. The summed E-state index contributed by atoms with van der Waals surface area (Å²) in [7, 11) is 5.36. The Labute approximate surface area is 103 Å². The zero-order chi connectivity index (χ0) is 12.8. The van der Waals surface area contributed by atoms with Gasteiger partial charge in [0.2, 0.25) is 0 Å². The molecule has 0 saturated heterocycles. The molecule has 96 valence electrons. The molecule has 0 aliphatic carbocycles. The number of ether oxygens (including phenoxy) is 2. The van der Waals surface area contributed by atoms with Gasteiger partial charge in [-0.25, -0.2) is 0 Å². The van der Waals surface area contributed by atoms with Gasteiger partial charge in [0.15, 0.2) is 11.5 Å². The highest BCUT2D eigenvalue weighted by Gasteiger charge is 2.11. The Hall–Kier alpha value is -1.42. The van der Waals surface area contributed by atoms with Crippen LogP contribution in [0.4, 0.5) is 5.69 Å². The number of anilines is 1. The predicted octanol–water partition coefficient (Wildman–Crippen LogP) is 1.80. The molecule has 0 amide bonds. The maximum absolute atomic E-state index is 5.52. The van der Waals surface area contributed by atoms with Crippen molar-refractivity contribution in [3.63, 3.8) is 0 Å². The fraction of sp³-hybridized carbons (Fsp3) is 0.538. The lowest BCUT2D eigenvalue weighted by Crippen LogP contribution is -2.21. The van der Waals surface area contributed by atoms with E-state index in [1.807, 2.05) is 12.1 Å². The number of methoxy groups -OCH3 is 2. The van der Waals surface area contributed by atoms with Crippen molar-refractivity contribution in [2.24, 2.45) is 5.73 Å². The Morgan fingerprint density at radius 3 is 2.29 bits per heavy atom. The van der Waals surface area contributed by atoms with Crippen LogP contribution in [0.2, 0.25) is 0 Å². The number of rotatable bonds is 6. The maximum Gasteiger partial charge on any atom is 0.162 e. The van der Waals surface area contributed by atoms with E-state index < -0.39 is 0 Å². The van der Waals surface area contributed by atoms with E-state index in [1.165, 1.54) is 5.56 Å². The fourth-order valence-electron chi connectivity index (χ4n) is 1.83. The van der Waals surface area contributed by atoms with E-state index in [0.29, 0.717) is 6.54 Å². The molecule has 17 heavy (non-hydrogen) atoms. The lowest BCUT2D eigenvalue weighted by atomic mass is 10.1. The first-order chi connectivity index (χ1) is 8.13. The molecule has 0 atom stereocenters. The lowest BCUT2D eigenvalue weighted by molar-refractivity contribution is 0.354. The van der Waals surface area contributed by atoms with Crippen molar-refractivity contribution in [1.82, 2.24) is 0 Å². The van der Waals surface area contributed by atoms with Gasteiger partial charge in [-0.15, -0.1) is 0 Å². The number of hydrogen-bond acceptors (Lipinski definition) is 4. The van der Waals surface area contributed by atoms with Gasteiger partial charge in [-0.1, -0.05) is 0 Å². The van der Waals surface area contributed by atoms with Crippen LogP contribution in [0, 0.1) is 6.92 Å². The Balaban J connectivity index is 2.99. The van der Waals surface area contributed by atoms with Gasteiger partial charge >= 0.3 is 0 Å². The molecule has 0 aliphatic heterocycles. The Bertz CT molecular complexity index is 367. The topological polar surface area (TPSA) is 47.7 Å². The smallest absolute Gasteiger partial charge is 0.162 e. The highest BCUT2D eigenvalue weighted by atomic mass is 16.5. The van der Waals surface area contributed by atoms with Crippen LogP contribution in [-0.4, -0.2) is 34.4 Å². The molecule has 0 radical (unpaired) electrons. The molecule has 0 fully saturated rings. The summed E-state index contributed by atoms with van der Waals surface area (Å²) < 4.78 is 10.6. The van der Waals surface area contributed by atoms with Gasteiger partial charge in [0.25, 0.3) is 0 Å². The molecule has 0 heterocycles. The molecule has 1 rings (SSSR count). The van der Waals surface area contributed by atoms with E-state index in [4.69, 9.17) is 15.2 Å². The normalized spacial score (nSPS) is 10.2. The van der Waals surface area contributed by atoms with Crippen LogP contribution in [-0.2, 0) is 0 Å². The summed E-state index contributed by atoms with van der Waals surface area (Å²) in [5.74, 6) is 1.52. The molecule has 0 spiro atoms. The highest BCUT2D eigenvalue weighted by molar-refractivity contribution is 5.61. The fourth-order valence-corrected chi connectivity index (χ4v) is 1.83. The molecule has 4 heteroatoms. The van der Waals surface area contributed by atoms with Gasteiger partial charge in [-0.05, 0) is 31.5 Å². The summed E-state index contributed by atoms with van der Waals surface area (Å²) in [6.07, 6.45) is 0.976. The summed E-state index contributed by atoms with van der Waals surface area (Å²) in [6.45, 7) is 3.71. The van der Waals surface area contributed by atoms with E-state index in [-0.39, 0.29) is 0 Å². The number of benzene rings is 1. The van der Waals surface area contributed by atoms with Crippen molar-refractivity contribution in [2.75, 3.05) is 39.3 Å². The third-order valence-electron chi connectivity index (χ3n) is 2.81. The van der Waals surface area contributed by atoms with Crippen LogP contribution < -0.4 is 20.1 Å². The van der Waals surface area contributed by atoms with Crippen molar-refractivity contribution >= 4 is 5.69 Å². The van der Waals surface area contributed by atoms with Gasteiger partial charge in [-0.3, -0.25) is 0 Å². The summed E-state index contributed by atoms with van der Waals surface area (Å²) >= 11 is 0. The average molecular weight is 238 g/mol. The minimum absolute atomic E-state index is 0.705. The van der Waals surface area contributed by atoms with Crippen LogP contribution in [0.25, 0.3) is 0 Å². The van der Waals surface area contributed by atoms with E-state index >= 15 is 0 Å². The quantitative estimate of drug-likeness (QED) is 0.821. The van der Waals surface area contributed by atoms with Crippen LogP contribution in [0.5, 0.6) is 11.5 Å². The van der Waals surface area contributed by atoms with Gasteiger partial charge in [0, 0.05) is 25.3 Å². The number of nitrogens with zero attached hydrogens (tertiary/aromatic N) is 1. The van der Waals surface area contributed by atoms with Gasteiger partial charge < -0.3 is 20.1 Å². The summed E-state index contributed by atoms with van der Waals surface area (Å²) in [6, 6.07) is 4.00. The molecule has 1 aromatic carbocycles. The number of aryl methyl sites for hydroxylation is 1. The first-order valence-corrected chi connectivity index (χ1v) is 5.77. The Morgan fingerprint density at radius 1 is 1.18 bits per heavy atom. The van der Waals surface area contributed by atoms with Gasteiger partial charge in [-0.2, -0.15) is 0 Å². The highest BCUT2D eigenvalue weighted by Crippen LogP contribution is 2.34. The Morgan fingerprint density at radius 2 is 1.76 bits per heavy atom. The second-order valence-corrected chi connectivity index (χ2v) is 4.06. The second kappa shape index (κ2) is 6.35. The molecule has 0 saturated carbocycles. The molecular formula is C13H22N2O2. The summed E-state index contributed by atoms with van der Waals surface area (Å²) in [5.41, 5.74) is 7.84. The molecule has 2 N–H and O–H groups in total. The minimum atomic E-state index is 0.705. The average Bonchev–Trinajstić information content (AvgIpc) is 2.35. The van der Waals surface area contributed by atoms with Crippen molar-refractivity contribution in [3.05, 3.63) is 17.7 Å². The molecule has 1 aromatic rings. The van der Waals surface area contributed by atoms with Crippen LogP contribution in [0.3, 0.4) is 0 Å². The maximum atomic E-state index is 5.52. The third kappa shape index (κ3) is 3.27. The van der Waals surface area contributed by atoms with Crippen molar-refractivity contribution in [1.29, 1.82) is 0 Å². The number of hydrogen-bond donors (Lipinski definition) is 1. The minimum Gasteiger partial charge on any atom is -0.493 e. The van der Waals surface area contributed by atoms with Crippen LogP contribution >= 0.6 is 0 Å². The second-order valence-electron chi connectivity index (χ2n) is 4.06. The Kier molecular flexibility index (Phi) is 5.10. The predicted molar refractivity (Wildman–Crippen MR) is 71.2 cm³/mol. The van der Waals surface area contributed by atoms with Crippen molar-refractivity contribution in [3.8, 4) is 11.5 Å². The monoisotopic (exact) mass is 238 g/mol.